The van der Waals surface area contributed by atoms with Crippen LogP contribution in [-0.4, -0.2) is 81.1 Å². The van der Waals surface area contributed by atoms with Crippen LogP contribution in [0.4, 0.5) is 5.69 Å². The molecule has 234 valence electrons. The zero-order chi connectivity index (χ0) is 30.7. The van der Waals surface area contributed by atoms with Crippen LogP contribution in [0.5, 0.6) is 0 Å². The Morgan fingerprint density at radius 2 is 1.93 bits per heavy atom. The first-order valence-corrected chi connectivity index (χ1v) is 16.0. The van der Waals surface area contributed by atoms with Crippen LogP contribution in [0.3, 0.4) is 0 Å². The van der Waals surface area contributed by atoms with E-state index in [1.54, 1.807) is 17.0 Å². The van der Waals surface area contributed by atoms with Gasteiger partial charge in [-0.3, -0.25) is 19.4 Å². The van der Waals surface area contributed by atoms with Gasteiger partial charge in [-0.15, -0.1) is 0 Å². The van der Waals surface area contributed by atoms with Gasteiger partial charge in [-0.1, -0.05) is 19.1 Å². The standard InChI is InChI=1S/C28H44N6O7S/c1-19-17-21-5-2-7-23(26(21)32-18-19)42(39,40)33-22(6-4-13-31-28(29)30)27(38)34-14-10-20(11-15-34)12-16-41-25(37)9-3-8-24(35)36/h2,5,7,19-20,22,32-33H,3-4,6,8-18H2,1H3,(H,35,36)(H4,29,30,31)/t19?,22-/m0/s1. The lowest BCUT2D eigenvalue weighted by atomic mass is 9.93. The minimum absolute atomic E-state index is 0.0670. The summed E-state index contributed by atoms with van der Waals surface area (Å²) in [4.78, 5) is 41.7. The van der Waals surface area contributed by atoms with E-state index in [-0.39, 0.29) is 61.5 Å². The van der Waals surface area contributed by atoms with Crippen LogP contribution in [0.2, 0.25) is 0 Å². The Bertz CT molecular complexity index is 1230. The van der Waals surface area contributed by atoms with Crippen molar-refractivity contribution in [1.29, 1.82) is 0 Å². The molecule has 7 N–H and O–H groups in total. The lowest BCUT2D eigenvalue weighted by molar-refractivity contribution is -0.144. The first-order chi connectivity index (χ1) is 20.0. The number of piperidine rings is 1. The minimum atomic E-state index is -4.02. The van der Waals surface area contributed by atoms with Crippen molar-refractivity contribution < 1.29 is 32.6 Å². The second-order valence-electron chi connectivity index (χ2n) is 11.1. The molecule has 14 heteroatoms. The smallest absolute Gasteiger partial charge is 0.305 e. The molecule has 2 heterocycles. The average molecular weight is 609 g/mol. The second kappa shape index (κ2) is 15.7. The van der Waals surface area contributed by atoms with Gasteiger partial charge < -0.3 is 31.5 Å². The van der Waals surface area contributed by atoms with Crippen LogP contribution in [0.1, 0.15) is 63.9 Å². The maximum atomic E-state index is 13.6. The van der Waals surface area contributed by atoms with Gasteiger partial charge in [-0.25, -0.2) is 8.42 Å². The second-order valence-corrected chi connectivity index (χ2v) is 12.8. The number of para-hydroxylation sites is 1. The summed E-state index contributed by atoms with van der Waals surface area (Å²) in [6.45, 7) is 4.20. The molecule has 1 fully saturated rings. The van der Waals surface area contributed by atoms with Gasteiger partial charge in [-0.2, -0.15) is 4.72 Å². The highest BCUT2D eigenvalue weighted by Gasteiger charge is 2.33. The van der Waals surface area contributed by atoms with E-state index in [0.29, 0.717) is 56.9 Å². The Morgan fingerprint density at radius 1 is 1.19 bits per heavy atom. The van der Waals surface area contributed by atoms with Crippen molar-refractivity contribution in [2.45, 2.75) is 75.6 Å². The number of carboxylic acid groups (broad SMARTS) is 1. The molecule has 2 atom stereocenters. The van der Waals surface area contributed by atoms with Crippen molar-refractivity contribution in [3.05, 3.63) is 23.8 Å². The molecule has 0 saturated carbocycles. The van der Waals surface area contributed by atoms with Gasteiger partial charge in [0.15, 0.2) is 5.96 Å². The number of carbonyl (C=O) groups is 3. The molecule has 0 aliphatic carbocycles. The molecule has 1 amide bonds. The SMILES string of the molecule is CC1CNc2c(cccc2S(=O)(=O)N[C@@H](CCCN=C(N)N)C(=O)N2CCC(CCOC(=O)CCCC(=O)O)CC2)C1. The first kappa shape index (κ1) is 33.1. The van der Waals surface area contributed by atoms with E-state index in [1.165, 1.54) is 0 Å². The molecule has 13 nitrogen and oxygen atoms in total. The Balaban J connectivity index is 1.59. The van der Waals surface area contributed by atoms with E-state index in [4.69, 9.17) is 21.3 Å². The van der Waals surface area contributed by atoms with E-state index in [1.807, 2.05) is 6.07 Å². The number of nitrogens with zero attached hydrogens (tertiary/aromatic N) is 2. The van der Waals surface area contributed by atoms with E-state index in [0.717, 1.165) is 12.0 Å². The number of esters is 1. The van der Waals surface area contributed by atoms with E-state index < -0.39 is 28.0 Å². The molecule has 2 aliphatic heterocycles. The van der Waals surface area contributed by atoms with Crippen LogP contribution < -0.4 is 21.5 Å². The maximum absolute atomic E-state index is 13.6. The fourth-order valence-corrected chi connectivity index (χ4v) is 6.79. The van der Waals surface area contributed by atoms with Gasteiger partial charge in [0, 0.05) is 39.0 Å². The number of hydrogen-bond acceptors (Lipinski definition) is 8. The molecule has 0 aromatic heterocycles. The number of guanidine groups is 1. The van der Waals surface area contributed by atoms with Gasteiger partial charge in [-0.05, 0) is 68.4 Å². The van der Waals surface area contributed by atoms with E-state index in [9.17, 15) is 22.8 Å². The maximum Gasteiger partial charge on any atom is 0.305 e. The number of nitrogens with one attached hydrogen (secondary N) is 2. The predicted octanol–water partition coefficient (Wildman–Crippen LogP) is 1.42. The lowest BCUT2D eigenvalue weighted by Gasteiger charge is -2.34. The van der Waals surface area contributed by atoms with Crippen molar-refractivity contribution in [3.8, 4) is 0 Å². The summed E-state index contributed by atoms with van der Waals surface area (Å²) in [6.07, 6.45) is 3.69. The van der Waals surface area contributed by atoms with Crippen LogP contribution in [0.25, 0.3) is 0 Å². The molecule has 2 aliphatic rings. The molecular formula is C28H44N6O7S. The summed E-state index contributed by atoms with van der Waals surface area (Å²) in [5.41, 5.74) is 12.4. The minimum Gasteiger partial charge on any atom is -0.481 e. The average Bonchev–Trinajstić information content (AvgIpc) is 2.93. The molecule has 0 spiro atoms. The van der Waals surface area contributed by atoms with Gasteiger partial charge >= 0.3 is 11.9 Å². The molecule has 1 unspecified atom stereocenters. The van der Waals surface area contributed by atoms with E-state index >= 15 is 0 Å². The highest BCUT2D eigenvalue weighted by atomic mass is 32.2. The number of rotatable bonds is 15. The number of aliphatic carboxylic acids is 1. The van der Waals surface area contributed by atoms with Gasteiger partial charge in [0.2, 0.25) is 15.9 Å². The van der Waals surface area contributed by atoms with Gasteiger partial charge in [0.1, 0.15) is 10.9 Å². The predicted molar refractivity (Wildman–Crippen MR) is 158 cm³/mol. The number of amides is 1. The number of benzene rings is 1. The third-order valence-electron chi connectivity index (χ3n) is 7.63. The number of carboxylic acids is 1. The molecule has 42 heavy (non-hydrogen) atoms. The van der Waals surface area contributed by atoms with Crippen LogP contribution in [-0.2, 0) is 35.6 Å². The number of fused-ring (bicyclic) bond motifs is 1. The summed E-state index contributed by atoms with van der Waals surface area (Å²) in [6, 6.07) is 4.21. The Morgan fingerprint density at radius 3 is 2.62 bits per heavy atom. The monoisotopic (exact) mass is 608 g/mol. The number of sulfonamides is 1. The van der Waals surface area contributed by atoms with Crippen molar-refractivity contribution in [2.24, 2.45) is 28.3 Å². The summed E-state index contributed by atoms with van der Waals surface area (Å²) in [5.74, 6) is -1.09. The summed E-state index contributed by atoms with van der Waals surface area (Å²) < 4.78 is 35.1. The Hall–Kier alpha value is -3.39. The summed E-state index contributed by atoms with van der Waals surface area (Å²) in [5, 5.41) is 11.9. The molecular weight excluding hydrogens is 564 g/mol. The van der Waals surface area contributed by atoms with Crippen LogP contribution >= 0.6 is 0 Å². The number of likely N-dealkylation sites (tertiary alicyclic amines) is 1. The van der Waals surface area contributed by atoms with Gasteiger partial charge in [0.05, 0.1) is 12.3 Å². The Kier molecular flexibility index (Phi) is 12.4. The molecule has 3 rings (SSSR count). The summed E-state index contributed by atoms with van der Waals surface area (Å²) >= 11 is 0. The highest BCUT2D eigenvalue weighted by molar-refractivity contribution is 7.89. The molecule has 0 radical (unpaired) electrons. The van der Waals surface area contributed by atoms with Gasteiger partial charge in [0.25, 0.3) is 0 Å². The van der Waals surface area contributed by atoms with Crippen molar-refractivity contribution in [3.63, 3.8) is 0 Å². The zero-order valence-corrected chi connectivity index (χ0v) is 25.0. The topological polar surface area (TPSA) is 207 Å². The quantitative estimate of drug-likeness (QED) is 0.0837. The molecule has 1 aromatic carbocycles. The van der Waals surface area contributed by atoms with E-state index in [2.05, 4.69) is 22.0 Å². The number of carbonyl (C=O) groups excluding carboxylic acids is 2. The fraction of sp³-hybridized carbons (Fsp3) is 0.643. The lowest BCUT2D eigenvalue weighted by Crippen LogP contribution is -2.50. The van der Waals surface area contributed by atoms with Crippen LogP contribution in [0.15, 0.2) is 28.1 Å². The largest absolute Gasteiger partial charge is 0.481 e. The van der Waals surface area contributed by atoms with Crippen LogP contribution in [0, 0.1) is 11.8 Å². The van der Waals surface area contributed by atoms with Crippen molar-refractivity contribution >= 4 is 39.5 Å². The number of aliphatic imine (C=N–C) groups is 1. The van der Waals surface area contributed by atoms with Crippen molar-refractivity contribution in [2.75, 3.05) is 38.1 Å². The molecule has 1 saturated heterocycles. The fourth-order valence-electron chi connectivity index (χ4n) is 5.34. The Labute approximate surface area is 247 Å². The number of anilines is 1. The summed E-state index contributed by atoms with van der Waals surface area (Å²) in [7, 11) is -4.02. The zero-order valence-electron chi connectivity index (χ0n) is 24.2. The third-order valence-corrected chi connectivity index (χ3v) is 9.14. The number of ether oxygens (including phenoxy) is 1. The first-order valence-electron chi connectivity index (χ1n) is 14.6. The van der Waals surface area contributed by atoms with Crippen molar-refractivity contribution in [1.82, 2.24) is 9.62 Å². The highest BCUT2D eigenvalue weighted by Crippen LogP contribution is 2.31. The third kappa shape index (κ3) is 10.2. The number of hydrogen-bond donors (Lipinski definition) is 5. The molecule has 1 aromatic rings. The normalized spacial score (nSPS) is 17.9. The number of nitrogens with two attached hydrogens (primary N) is 2. The molecule has 0 bridgehead atoms.